The summed E-state index contributed by atoms with van der Waals surface area (Å²) in [7, 11) is -3.61. The molecule has 2 saturated carbocycles. The van der Waals surface area contributed by atoms with E-state index in [9.17, 15) is 18.0 Å². The van der Waals surface area contributed by atoms with E-state index in [4.69, 9.17) is 4.42 Å². The minimum atomic E-state index is -3.61. The van der Waals surface area contributed by atoms with Crippen LogP contribution >= 0.6 is 0 Å². The van der Waals surface area contributed by atoms with Crippen molar-refractivity contribution in [1.29, 1.82) is 0 Å². The number of furan rings is 1. The van der Waals surface area contributed by atoms with Crippen LogP contribution in [0, 0.1) is 17.8 Å². The third-order valence-corrected chi connectivity index (χ3v) is 8.41. The van der Waals surface area contributed by atoms with Gasteiger partial charge in [-0.15, -0.1) is 0 Å². The summed E-state index contributed by atoms with van der Waals surface area (Å²) in [5.41, 5.74) is 0.528. The number of carbonyl (C=O) groups is 2. The zero-order valence-corrected chi connectivity index (χ0v) is 19.6. The smallest absolute Gasteiger partial charge is 0.286 e. The van der Waals surface area contributed by atoms with Crippen LogP contribution in [0.2, 0.25) is 0 Å². The Morgan fingerprint density at radius 1 is 1.12 bits per heavy atom. The predicted octanol–water partition coefficient (Wildman–Crippen LogP) is 3.53. The van der Waals surface area contributed by atoms with Gasteiger partial charge in [-0.1, -0.05) is 6.42 Å². The Morgan fingerprint density at radius 3 is 2.55 bits per heavy atom. The highest BCUT2D eigenvalue weighted by molar-refractivity contribution is 7.89. The molecule has 0 aliphatic heterocycles. The average Bonchev–Trinajstić information content (AvgIpc) is 3.55. The third kappa shape index (κ3) is 5.83. The molecule has 178 valence electrons. The highest BCUT2D eigenvalue weighted by atomic mass is 32.2. The minimum absolute atomic E-state index is 0.0852. The van der Waals surface area contributed by atoms with Crippen molar-refractivity contribution in [3.8, 4) is 0 Å². The number of fused-ring (bicyclic) bond motifs is 2. The maximum atomic E-state index is 12.8. The van der Waals surface area contributed by atoms with Crippen LogP contribution in [0.15, 0.2) is 52.0 Å². The van der Waals surface area contributed by atoms with Crippen molar-refractivity contribution in [2.75, 3.05) is 11.9 Å². The second kappa shape index (κ2) is 10.1. The summed E-state index contributed by atoms with van der Waals surface area (Å²) in [5.74, 6) is 1.53. The molecule has 1 aromatic carbocycles. The number of anilines is 1. The number of benzene rings is 1. The summed E-state index contributed by atoms with van der Waals surface area (Å²) >= 11 is 0. The molecule has 2 amide bonds. The highest BCUT2D eigenvalue weighted by Crippen LogP contribution is 2.49. The van der Waals surface area contributed by atoms with Crippen LogP contribution < -0.4 is 15.4 Å². The number of hydrogen-bond acceptors (Lipinski definition) is 5. The number of rotatable bonds is 10. The number of hydrogen-bond donors (Lipinski definition) is 3. The van der Waals surface area contributed by atoms with Crippen molar-refractivity contribution < 1.29 is 22.4 Å². The number of carbonyl (C=O) groups excluding carboxylic acids is 2. The first-order chi connectivity index (χ1) is 15.8. The van der Waals surface area contributed by atoms with Crippen molar-refractivity contribution >= 4 is 27.5 Å². The molecule has 0 saturated heterocycles. The predicted molar refractivity (Wildman–Crippen MR) is 124 cm³/mol. The van der Waals surface area contributed by atoms with Gasteiger partial charge in [-0.25, -0.2) is 13.1 Å². The summed E-state index contributed by atoms with van der Waals surface area (Å²) in [6.45, 7) is 2.31. The lowest BCUT2D eigenvalue weighted by atomic mass is 9.84. The van der Waals surface area contributed by atoms with Crippen LogP contribution in [-0.2, 0) is 14.8 Å². The Hall–Kier alpha value is -2.65. The first kappa shape index (κ1) is 23.5. The molecule has 9 heteroatoms. The Balaban J connectivity index is 1.22. The van der Waals surface area contributed by atoms with Crippen LogP contribution in [0.1, 0.15) is 56.0 Å². The van der Waals surface area contributed by atoms with E-state index in [2.05, 4.69) is 15.4 Å². The number of nitrogens with one attached hydrogen (secondary N) is 3. The summed E-state index contributed by atoms with van der Waals surface area (Å²) in [6.07, 6.45) is 6.97. The van der Waals surface area contributed by atoms with Gasteiger partial charge in [0, 0.05) is 24.7 Å². The van der Waals surface area contributed by atoms with Crippen LogP contribution in [0.4, 0.5) is 5.69 Å². The van der Waals surface area contributed by atoms with E-state index < -0.39 is 10.0 Å². The molecule has 2 aliphatic rings. The van der Waals surface area contributed by atoms with Crippen molar-refractivity contribution in [3.63, 3.8) is 0 Å². The monoisotopic (exact) mass is 473 g/mol. The lowest BCUT2D eigenvalue weighted by Gasteiger charge is -2.28. The van der Waals surface area contributed by atoms with Crippen molar-refractivity contribution in [2.45, 2.75) is 56.4 Å². The zero-order chi connectivity index (χ0) is 23.4. The molecule has 1 aromatic heterocycles. The van der Waals surface area contributed by atoms with Gasteiger partial charge >= 0.3 is 0 Å². The van der Waals surface area contributed by atoms with Gasteiger partial charge in [0.15, 0.2) is 5.76 Å². The molecule has 0 radical (unpaired) electrons. The van der Waals surface area contributed by atoms with E-state index in [0.29, 0.717) is 30.5 Å². The Bertz CT molecular complexity index is 1070. The van der Waals surface area contributed by atoms with Crippen LogP contribution in [-0.4, -0.2) is 32.8 Å². The lowest BCUT2D eigenvalue weighted by molar-refractivity contribution is -0.116. The first-order valence-electron chi connectivity index (χ1n) is 11.6. The molecule has 0 spiro atoms. The molecule has 4 unspecified atom stereocenters. The molecule has 2 fully saturated rings. The van der Waals surface area contributed by atoms with Crippen LogP contribution in [0.25, 0.3) is 0 Å². The van der Waals surface area contributed by atoms with Gasteiger partial charge in [0.1, 0.15) is 0 Å². The summed E-state index contributed by atoms with van der Waals surface area (Å²) in [6, 6.07) is 9.32. The van der Waals surface area contributed by atoms with Crippen molar-refractivity contribution in [3.05, 3.63) is 48.4 Å². The highest BCUT2D eigenvalue weighted by Gasteiger charge is 2.42. The zero-order valence-electron chi connectivity index (χ0n) is 18.8. The Kier molecular flexibility index (Phi) is 7.19. The number of sulfonamides is 1. The second-order valence-corrected chi connectivity index (χ2v) is 10.9. The molecular formula is C24H31N3O5S. The molecular weight excluding hydrogens is 442 g/mol. The van der Waals surface area contributed by atoms with Gasteiger partial charge in [0.05, 0.1) is 11.2 Å². The second-order valence-electron chi connectivity index (χ2n) is 9.16. The maximum Gasteiger partial charge on any atom is 0.286 e. The SMILES string of the molecule is CC(NS(=O)(=O)c1ccc(NC(=O)CCCNC(=O)c2ccco2)cc1)C1CC2CCC1C2. The minimum Gasteiger partial charge on any atom is -0.459 e. The van der Waals surface area contributed by atoms with E-state index in [1.54, 1.807) is 24.3 Å². The normalized spacial score (nSPS) is 22.8. The van der Waals surface area contributed by atoms with Crippen molar-refractivity contribution in [2.24, 2.45) is 17.8 Å². The average molecular weight is 474 g/mol. The standard InChI is InChI=1S/C24H31N3O5S/c1-16(21-15-17-6-7-18(21)14-17)27-33(30,31)20-10-8-19(9-11-20)26-23(28)5-2-12-25-24(29)22-4-3-13-32-22/h3-4,8-11,13,16-18,21,27H,2,5-7,12,14-15H2,1H3,(H,25,29)(H,26,28). The molecule has 2 aliphatic carbocycles. The molecule has 1 heterocycles. The summed E-state index contributed by atoms with van der Waals surface area (Å²) < 4.78 is 33.5. The van der Waals surface area contributed by atoms with Crippen LogP contribution in [0.3, 0.4) is 0 Å². The van der Waals surface area contributed by atoms with E-state index in [-0.39, 0.29) is 34.9 Å². The van der Waals surface area contributed by atoms with Gasteiger partial charge in [-0.3, -0.25) is 9.59 Å². The fraction of sp³-hybridized carbons (Fsp3) is 0.500. The van der Waals surface area contributed by atoms with Gasteiger partial charge in [0.25, 0.3) is 5.91 Å². The van der Waals surface area contributed by atoms with E-state index >= 15 is 0 Å². The largest absolute Gasteiger partial charge is 0.459 e. The Morgan fingerprint density at radius 2 is 1.91 bits per heavy atom. The quantitative estimate of drug-likeness (QED) is 0.456. The van der Waals surface area contributed by atoms with Crippen molar-refractivity contribution in [1.82, 2.24) is 10.0 Å². The van der Waals surface area contributed by atoms with Gasteiger partial charge in [-0.2, -0.15) is 0 Å². The number of amides is 2. The fourth-order valence-corrected chi connectivity index (χ4v) is 6.49. The van der Waals surface area contributed by atoms with E-state index in [1.807, 2.05) is 6.92 Å². The Labute approximate surface area is 194 Å². The molecule has 4 atom stereocenters. The fourth-order valence-electron chi connectivity index (χ4n) is 5.19. The molecule has 4 rings (SSSR count). The maximum absolute atomic E-state index is 12.8. The van der Waals surface area contributed by atoms with Crippen LogP contribution in [0.5, 0.6) is 0 Å². The summed E-state index contributed by atoms with van der Waals surface area (Å²) in [4.78, 5) is 24.1. The molecule has 33 heavy (non-hydrogen) atoms. The molecule has 8 nitrogen and oxygen atoms in total. The van der Waals surface area contributed by atoms with Gasteiger partial charge in [-0.05, 0) is 86.8 Å². The summed E-state index contributed by atoms with van der Waals surface area (Å²) in [5, 5.41) is 5.44. The third-order valence-electron chi connectivity index (χ3n) is 6.84. The van der Waals surface area contributed by atoms with E-state index in [0.717, 1.165) is 12.3 Å². The molecule has 2 bridgehead atoms. The molecule has 2 aromatic rings. The van der Waals surface area contributed by atoms with E-state index in [1.165, 1.54) is 37.7 Å². The lowest BCUT2D eigenvalue weighted by Crippen LogP contribution is -2.40. The van der Waals surface area contributed by atoms with Gasteiger partial charge in [0.2, 0.25) is 15.9 Å². The van der Waals surface area contributed by atoms with Gasteiger partial charge < -0.3 is 15.1 Å². The molecule has 3 N–H and O–H groups in total. The first-order valence-corrected chi connectivity index (χ1v) is 13.0. The topological polar surface area (TPSA) is 118 Å².